The highest BCUT2D eigenvalue weighted by Crippen LogP contribution is 2.28. The molecule has 0 aliphatic rings. The predicted octanol–water partition coefficient (Wildman–Crippen LogP) is 1.37. The summed E-state index contributed by atoms with van der Waals surface area (Å²) < 4.78 is -1.91. The lowest BCUT2D eigenvalue weighted by Gasteiger charge is -2.18. The summed E-state index contributed by atoms with van der Waals surface area (Å²) in [5, 5.41) is 11.1. The number of carbonyl (C=O) groups excluding carboxylic acids is 1. The number of rotatable bonds is 2. The van der Waals surface area contributed by atoms with Crippen molar-refractivity contribution in [2.45, 2.75) is 16.9 Å². The number of hydrogen-bond acceptors (Lipinski definition) is 2. The molecule has 0 aromatic rings. The van der Waals surface area contributed by atoms with Crippen LogP contribution in [0.4, 0.5) is 0 Å². The van der Waals surface area contributed by atoms with Crippen LogP contribution in [0.15, 0.2) is 12.2 Å². The maximum atomic E-state index is 10.8. The fourth-order valence-electron chi connectivity index (χ4n) is 0.416. The van der Waals surface area contributed by atoms with Gasteiger partial charge in [0.25, 0.3) is 0 Å². The highest BCUT2D eigenvalue weighted by Gasteiger charge is 2.31. The zero-order valence-corrected chi connectivity index (χ0v) is 8.49. The Balaban J connectivity index is 4.01. The summed E-state index contributed by atoms with van der Waals surface area (Å²) in [6, 6.07) is 0. The van der Waals surface area contributed by atoms with Crippen molar-refractivity contribution in [2.75, 3.05) is 0 Å². The van der Waals surface area contributed by atoms with E-state index in [1.807, 2.05) is 0 Å². The molecular formula is C6H8Cl3NO2. The molecule has 0 saturated carbocycles. The predicted molar refractivity (Wildman–Crippen MR) is 49.3 cm³/mol. The maximum Gasteiger partial charge on any atom is 0.245 e. The van der Waals surface area contributed by atoms with Gasteiger partial charge >= 0.3 is 0 Å². The minimum atomic E-state index is -1.91. The molecular weight excluding hydrogens is 224 g/mol. The first-order valence-corrected chi connectivity index (χ1v) is 4.19. The van der Waals surface area contributed by atoms with Gasteiger partial charge in [-0.15, -0.1) is 0 Å². The average Bonchev–Trinajstić information content (AvgIpc) is 1.85. The van der Waals surface area contributed by atoms with E-state index in [4.69, 9.17) is 39.9 Å². The normalized spacial score (nSPS) is 14.8. The van der Waals surface area contributed by atoms with Crippen LogP contribution in [0.5, 0.6) is 0 Å². The molecule has 6 heteroatoms. The molecule has 2 N–H and O–H groups in total. The van der Waals surface area contributed by atoms with Gasteiger partial charge in [-0.25, -0.2) is 0 Å². The van der Waals surface area contributed by atoms with Gasteiger partial charge in [0.2, 0.25) is 9.70 Å². The smallest absolute Gasteiger partial charge is 0.245 e. The molecule has 0 saturated heterocycles. The van der Waals surface area contributed by atoms with Crippen molar-refractivity contribution in [3.8, 4) is 0 Å². The number of halogens is 3. The second-order valence-electron chi connectivity index (χ2n) is 1.95. The molecule has 0 bridgehead atoms. The van der Waals surface area contributed by atoms with E-state index in [2.05, 4.69) is 5.32 Å². The third-order valence-electron chi connectivity index (χ3n) is 0.907. The fraction of sp³-hybridized carbons (Fsp3) is 0.500. The lowest BCUT2D eigenvalue weighted by atomic mass is 10.5. The van der Waals surface area contributed by atoms with Crippen LogP contribution in [0.25, 0.3) is 0 Å². The molecule has 1 amide bonds. The summed E-state index contributed by atoms with van der Waals surface area (Å²) >= 11 is 15.8. The van der Waals surface area contributed by atoms with Crippen LogP contribution in [0.3, 0.4) is 0 Å². The lowest BCUT2D eigenvalue weighted by Crippen LogP contribution is -2.42. The topological polar surface area (TPSA) is 49.3 Å². The molecule has 1 unspecified atom stereocenters. The third kappa shape index (κ3) is 4.83. The minimum absolute atomic E-state index is 0.517. The second-order valence-corrected chi connectivity index (χ2v) is 4.32. The molecule has 0 radical (unpaired) electrons. The van der Waals surface area contributed by atoms with Crippen LogP contribution in [-0.2, 0) is 4.79 Å². The number of amides is 1. The Morgan fingerprint density at radius 1 is 1.58 bits per heavy atom. The van der Waals surface area contributed by atoms with E-state index < -0.39 is 15.9 Å². The molecule has 70 valence electrons. The van der Waals surface area contributed by atoms with E-state index in [1.54, 1.807) is 6.92 Å². The molecule has 1 atom stereocenters. The van der Waals surface area contributed by atoms with Crippen LogP contribution >= 0.6 is 34.8 Å². The fourth-order valence-corrected chi connectivity index (χ4v) is 0.580. The van der Waals surface area contributed by atoms with Crippen LogP contribution in [0.1, 0.15) is 6.92 Å². The molecule has 12 heavy (non-hydrogen) atoms. The van der Waals surface area contributed by atoms with Gasteiger partial charge in [-0.1, -0.05) is 40.9 Å². The van der Waals surface area contributed by atoms with Crippen molar-refractivity contribution in [3.05, 3.63) is 12.2 Å². The largest absolute Gasteiger partial charge is 0.369 e. The summed E-state index contributed by atoms with van der Waals surface area (Å²) in [6.07, 6.45) is 1.20. The number of alkyl halides is 3. The average molecular weight is 232 g/mol. The zero-order valence-electron chi connectivity index (χ0n) is 6.22. The summed E-state index contributed by atoms with van der Waals surface area (Å²) in [5.41, 5.74) is 0. The number of nitrogens with one attached hydrogen (secondary N) is 1. The van der Waals surface area contributed by atoms with E-state index in [9.17, 15) is 4.79 Å². The van der Waals surface area contributed by atoms with Crippen molar-refractivity contribution >= 4 is 40.7 Å². The first-order chi connectivity index (χ1) is 5.38. The van der Waals surface area contributed by atoms with Crippen molar-refractivity contribution < 1.29 is 9.90 Å². The maximum absolute atomic E-state index is 10.8. The molecule has 0 fully saturated rings. The van der Waals surface area contributed by atoms with Crippen LogP contribution in [0, 0.1) is 0 Å². The molecule has 0 spiro atoms. The van der Waals surface area contributed by atoms with E-state index in [-0.39, 0.29) is 0 Å². The Kier molecular flexibility index (Phi) is 4.94. The van der Waals surface area contributed by atoms with Gasteiger partial charge in [0, 0.05) is 0 Å². The molecule has 0 aromatic carbocycles. The van der Waals surface area contributed by atoms with Crippen LogP contribution < -0.4 is 5.32 Å². The third-order valence-corrected chi connectivity index (χ3v) is 1.53. The van der Waals surface area contributed by atoms with Gasteiger partial charge in [0.15, 0.2) is 6.23 Å². The van der Waals surface area contributed by atoms with Gasteiger partial charge in [-0.3, -0.25) is 4.79 Å². The van der Waals surface area contributed by atoms with E-state index in [0.29, 0.717) is 0 Å². The standard InChI is InChI=1S/C6H8Cl3NO2/c1-2-3-4(11)10-5(12)6(7,8)9/h2-3,5,12H,1H3,(H,10,11)/b3-2-. The molecule has 0 rings (SSSR count). The molecule has 3 nitrogen and oxygen atoms in total. The summed E-state index contributed by atoms with van der Waals surface area (Å²) in [6.45, 7) is 1.65. The first kappa shape index (κ1) is 12.0. The van der Waals surface area contributed by atoms with Crippen molar-refractivity contribution in [3.63, 3.8) is 0 Å². The SMILES string of the molecule is C/C=C\C(=O)NC(O)C(Cl)(Cl)Cl. The summed E-state index contributed by atoms with van der Waals surface area (Å²) in [5.74, 6) is -0.517. The van der Waals surface area contributed by atoms with Crippen molar-refractivity contribution in [1.29, 1.82) is 0 Å². The molecule has 0 heterocycles. The van der Waals surface area contributed by atoms with E-state index >= 15 is 0 Å². The van der Waals surface area contributed by atoms with Gasteiger partial charge in [0.05, 0.1) is 0 Å². The number of aliphatic hydroxyl groups is 1. The Bertz CT molecular complexity index is 188. The molecule has 0 aliphatic carbocycles. The van der Waals surface area contributed by atoms with Gasteiger partial charge in [0.1, 0.15) is 0 Å². The molecule has 0 aliphatic heterocycles. The Morgan fingerprint density at radius 3 is 2.42 bits per heavy atom. The Morgan fingerprint density at radius 2 is 2.08 bits per heavy atom. The second kappa shape index (κ2) is 4.92. The van der Waals surface area contributed by atoms with Crippen molar-refractivity contribution in [2.24, 2.45) is 0 Å². The van der Waals surface area contributed by atoms with E-state index in [0.717, 1.165) is 0 Å². The summed E-state index contributed by atoms with van der Waals surface area (Å²) in [7, 11) is 0. The number of carbonyl (C=O) groups is 1. The number of hydrogen-bond donors (Lipinski definition) is 2. The highest BCUT2D eigenvalue weighted by molar-refractivity contribution is 6.68. The van der Waals surface area contributed by atoms with Crippen LogP contribution in [0.2, 0.25) is 0 Å². The Hall–Kier alpha value is 0.0400. The number of allylic oxidation sites excluding steroid dienone is 1. The summed E-state index contributed by atoms with van der Waals surface area (Å²) in [4.78, 5) is 10.8. The van der Waals surface area contributed by atoms with E-state index in [1.165, 1.54) is 12.2 Å². The monoisotopic (exact) mass is 231 g/mol. The van der Waals surface area contributed by atoms with Crippen LogP contribution in [-0.4, -0.2) is 21.0 Å². The minimum Gasteiger partial charge on any atom is -0.369 e. The first-order valence-electron chi connectivity index (χ1n) is 3.06. The van der Waals surface area contributed by atoms with Gasteiger partial charge in [-0.05, 0) is 13.0 Å². The Labute approximate surface area is 85.3 Å². The zero-order chi connectivity index (χ0) is 9.78. The number of aliphatic hydroxyl groups excluding tert-OH is 1. The highest BCUT2D eigenvalue weighted by atomic mass is 35.6. The lowest BCUT2D eigenvalue weighted by molar-refractivity contribution is -0.119. The quantitative estimate of drug-likeness (QED) is 0.429. The van der Waals surface area contributed by atoms with Gasteiger partial charge < -0.3 is 10.4 Å². The van der Waals surface area contributed by atoms with Gasteiger partial charge in [-0.2, -0.15) is 0 Å². The van der Waals surface area contributed by atoms with Crippen molar-refractivity contribution in [1.82, 2.24) is 5.32 Å². The molecule has 0 aromatic heterocycles.